The maximum Gasteiger partial charge on any atom is 0.166 e. The molecular formula is C25H36N4O4S2. The predicted molar refractivity (Wildman–Crippen MR) is 148 cm³/mol. The van der Waals surface area contributed by atoms with Gasteiger partial charge in [0, 0.05) is 25.7 Å². The van der Waals surface area contributed by atoms with Gasteiger partial charge in [0.05, 0.1) is 28.4 Å². The molecule has 2 aromatic carbocycles. The molecule has 2 rings (SSSR count). The third-order valence-corrected chi connectivity index (χ3v) is 5.79. The average Bonchev–Trinajstić information content (AvgIpc) is 2.87. The molecule has 0 aliphatic rings. The molecule has 0 spiro atoms. The van der Waals surface area contributed by atoms with Gasteiger partial charge in [-0.15, -0.1) is 0 Å². The molecule has 1 unspecified atom stereocenters. The average molecular weight is 521 g/mol. The molecule has 0 heterocycles. The van der Waals surface area contributed by atoms with Crippen LogP contribution in [0.4, 0.5) is 0 Å². The van der Waals surface area contributed by atoms with Crippen LogP contribution < -0.4 is 40.2 Å². The van der Waals surface area contributed by atoms with Crippen molar-refractivity contribution in [1.82, 2.24) is 21.3 Å². The van der Waals surface area contributed by atoms with E-state index in [-0.39, 0.29) is 6.04 Å². The number of nitrogens with one attached hydrogen (secondary N) is 4. The van der Waals surface area contributed by atoms with Gasteiger partial charge >= 0.3 is 0 Å². The molecule has 1 atom stereocenters. The summed E-state index contributed by atoms with van der Waals surface area (Å²) in [4.78, 5) is 0. The van der Waals surface area contributed by atoms with Crippen molar-refractivity contribution in [3.8, 4) is 23.0 Å². The maximum absolute atomic E-state index is 5.41. The Kier molecular flexibility index (Phi) is 12.2. The van der Waals surface area contributed by atoms with Gasteiger partial charge in [0.15, 0.2) is 33.2 Å². The van der Waals surface area contributed by atoms with E-state index in [1.165, 1.54) is 0 Å². The van der Waals surface area contributed by atoms with Crippen LogP contribution in [0.25, 0.3) is 0 Å². The summed E-state index contributed by atoms with van der Waals surface area (Å²) in [7, 11) is 6.52. The van der Waals surface area contributed by atoms with Crippen molar-refractivity contribution in [3.63, 3.8) is 0 Å². The first-order chi connectivity index (χ1) is 16.9. The van der Waals surface area contributed by atoms with Crippen molar-refractivity contribution in [1.29, 1.82) is 0 Å². The highest BCUT2D eigenvalue weighted by Crippen LogP contribution is 2.28. The van der Waals surface area contributed by atoms with E-state index in [0.717, 1.165) is 47.0 Å². The van der Waals surface area contributed by atoms with Gasteiger partial charge in [0.2, 0.25) is 0 Å². The second-order valence-corrected chi connectivity index (χ2v) is 8.63. The quantitative estimate of drug-likeness (QED) is 0.296. The summed E-state index contributed by atoms with van der Waals surface area (Å²) in [5.41, 5.74) is 2.27. The van der Waals surface area contributed by atoms with E-state index in [9.17, 15) is 0 Å². The first-order valence-electron chi connectivity index (χ1n) is 11.4. The third kappa shape index (κ3) is 9.65. The summed E-state index contributed by atoms with van der Waals surface area (Å²) in [6, 6.07) is 11.9. The fourth-order valence-electron chi connectivity index (χ4n) is 3.35. The van der Waals surface area contributed by atoms with Crippen molar-refractivity contribution in [2.24, 2.45) is 0 Å². The molecule has 0 aliphatic carbocycles. The van der Waals surface area contributed by atoms with Crippen LogP contribution in [0.15, 0.2) is 36.4 Å². The molecule has 8 nitrogen and oxygen atoms in total. The fourth-order valence-corrected chi connectivity index (χ4v) is 3.84. The highest BCUT2D eigenvalue weighted by molar-refractivity contribution is 7.80. The summed E-state index contributed by atoms with van der Waals surface area (Å²) in [5, 5.41) is 14.2. The van der Waals surface area contributed by atoms with Gasteiger partial charge in [0.25, 0.3) is 0 Å². The van der Waals surface area contributed by atoms with Crippen molar-refractivity contribution in [2.45, 2.75) is 25.8 Å². The number of methoxy groups -OCH3 is 4. The zero-order valence-corrected chi connectivity index (χ0v) is 22.7. The lowest BCUT2D eigenvalue weighted by molar-refractivity contribution is 0.354. The van der Waals surface area contributed by atoms with E-state index < -0.39 is 0 Å². The third-order valence-electron chi connectivity index (χ3n) is 5.24. The van der Waals surface area contributed by atoms with Crippen LogP contribution >= 0.6 is 24.4 Å². The van der Waals surface area contributed by atoms with Crippen molar-refractivity contribution in [3.05, 3.63) is 47.5 Å². The highest BCUT2D eigenvalue weighted by Gasteiger charge is 2.08. The van der Waals surface area contributed by atoms with E-state index in [1.807, 2.05) is 43.3 Å². The molecule has 192 valence electrons. The Morgan fingerprint density at radius 2 is 1.14 bits per heavy atom. The smallest absolute Gasteiger partial charge is 0.166 e. The zero-order chi connectivity index (χ0) is 25.6. The van der Waals surface area contributed by atoms with Crippen LogP contribution in [0.1, 0.15) is 18.1 Å². The Balaban J connectivity index is 1.63. The van der Waals surface area contributed by atoms with Crippen molar-refractivity contribution >= 4 is 34.7 Å². The number of hydrogen-bond donors (Lipinski definition) is 4. The summed E-state index contributed by atoms with van der Waals surface area (Å²) in [5.74, 6) is 2.88. The van der Waals surface area contributed by atoms with Crippen LogP contribution in [0.3, 0.4) is 0 Å². The van der Waals surface area contributed by atoms with Gasteiger partial charge in [-0.25, -0.2) is 0 Å². The van der Waals surface area contributed by atoms with E-state index in [2.05, 4.69) is 21.3 Å². The van der Waals surface area contributed by atoms with Crippen LogP contribution in [-0.4, -0.2) is 64.3 Å². The van der Waals surface area contributed by atoms with Crippen LogP contribution in [-0.2, 0) is 12.8 Å². The van der Waals surface area contributed by atoms with E-state index in [4.69, 9.17) is 43.4 Å². The number of thiocarbonyl (C=S) groups is 2. The van der Waals surface area contributed by atoms with Crippen LogP contribution in [0, 0.1) is 0 Å². The van der Waals surface area contributed by atoms with Crippen LogP contribution in [0.5, 0.6) is 23.0 Å². The molecule has 0 saturated carbocycles. The van der Waals surface area contributed by atoms with E-state index in [0.29, 0.717) is 29.9 Å². The largest absolute Gasteiger partial charge is 0.493 e. The highest BCUT2D eigenvalue weighted by atomic mass is 32.1. The van der Waals surface area contributed by atoms with Gasteiger partial charge in [-0.05, 0) is 79.6 Å². The maximum atomic E-state index is 5.41. The summed E-state index contributed by atoms with van der Waals surface area (Å²) in [6.07, 6.45) is 1.62. The number of ether oxygens (including phenoxy) is 4. The molecule has 2 aromatic rings. The molecule has 0 aromatic heterocycles. The molecule has 0 bridgehead atoms. The molecule has 0 fully saturated rings. The van der Waals surface area contributed by atoms with Gasteiger partial charge in [-0.1, -0.05) is 12.1 Å². The Hall–Kier alpha value is -2.98. The fraction of sp³-hybridized carbons (Fsp3) is 0.440. The normalized spacial score (nSPS) is 11.1. The molecule has 10 heteroatoms. The lowest BCUT2D eigenvalue weighted by atomic mass is 10.1. The Morgan fingerprint density at radius 1 is 0.686 bits per heavy atom. The first kappa shape index (κ1) is 28.3. The van der Waals surface area contributed by atoms with Gasteiger partial charge in [0.1, 0.15) is 0 Å². The monoisotopic (exact) mass is 520 g/mol. The predicted octanol–water partition coefficient (Wildman–Crippen LogP) is 2.82. The minimum atomic E-state index is 0.0988. The minimum Gasteiger partial charge on any atom is -0.493 e. The SMILES string of the molecule is COc1ccc(CCNC(=S)NCC(C)NC(=S)NCCc2ccc(OC)c(OC)c2)cc1OC. The molecule has 0 saturated heterocycles. The van der Waals surface area contributed by atoms with Crippen molar-refractivity contribution in [2.75, 3.05) is 48.1 Å². The van der Waals surface area contributed by atoms with Gasteiger partial charge in [-0.3, -0.25) is 0 Å². The first-order valence-corrected chi connectivity index (χ1v) is 12.2. The molecule has 35 heavy (non-hydrogen) atoms. The Morgan fingerprint density at radius 3 is 1.60 bits per heavy atom. The molecule has 0 amide bonds. The second-order valence-electron chi connectivity index (χ2n) is 7.82. The van der Waals surface area contributed by atoms with Crippen LogP contribution in [0.2, 0.25) is 0 Å². The summed E-state index contributed by atoms with van der Waals surface area (Å²) in [6.45, 7) is 4.10. The molecule has 0 radical (unpaired) electrons. The zero-order valence-electron chi connectivity index (χ0n) is 21.0. The Bertz CT molecular complexity index is 974. The Labute approximate surface area is 219 Å². The summed E-state index contributed by atoms with van der Waals surface area (Å²) >= 11 is 10.8. The van der Waals surface area contributed by atoms with Crippen molar-refractivity contribution < 1.29 is 18.9 Å². The number of hydrogen-bond acceptors (Lipinski definition) is 6. The van der Waals surface area contributed by atoms with Gasteiger partial charge in [-0.2, -0.15) is 0 Å². The molecular weight excluding hydrogens is 484 g/mol. The number of rotatable bonds is 13. The lowest BCUT2D eigenvalue weighted by Gasteiger charge is -2.19. The lowest BCUT2D eigenvalue weighted by Crippen LogP contribution is -2.48. The standard InChI is InChI=1S/C25H36N4O4S2/c1-17(29-25(35)27-13-11-19-7-9-21(31-3)23(15-19)33-5)16-28-24(34)26-12-10-18-6-8-20(30-2)22(14-18)32-4/h6-9,14-15,17H,10-13,16H2,1-5H3,(H2,26,28,34)(H2,27,29,35). The second kappa shape index (κ2) is 15.1. The summed E-state index contributed by atoms with van der Waals surface area (Å²) < 4.78 is 21.3. The molecule has 4 N–H and O–H groups in total. The van der Waals surface area contributed by atoms with E-state index >= 15 is 0 Å². The molecule has 0 aliphatic heterocycles. The topological polar surface area (TPSA) is 85.0 Å². The minimum absolute atomic E-state index is 0.0988. The van der Waals surface area contributed by atoms with E-state index in [1.54, 1.807) is 28.4 Å². The van der Waals surface area contributed by atoms with Gasteiger partial charge < -0.3 is 40.2 Å². The number of benzene rings is 2.